The smallest absolute Gasteiger partial charge is 0.0408 e. The molecule has 0 radical (unpaired) electrons. The Hall–Kier alpha value is -0.530. The van der Waals surface area contributed by atoms with E-state index in [1.165, 1.54) is 11.1 Å². The summed E-state index contributed by atoms with van der Waals surface area (Å²) in [5, 5.41) is 4.27. The Kier molecular flexibility index (Phi) is 2.56. The van der Waals surface area contributed by atoms with Crippen LogP contribution in [0.25, 0.3) is 0 Å². The fourth-order valence-corrected chi connectivity index (χ4v) is 2.12. The van der Waals surface area contributed by atoms with Crippen LogP contribution in [0.2, 0.25) is 5.02 Å². The van der Waals surface area contributed by atoms with E-state index in [-0.39, 0.29) is 0 Å². The van der Waals surface area contributed by atoms with Crippen molar-refractivity contribution < 1.29 is 0 Å². The summed E-state index contributed by atoms with van der Waals surface area (Å²) >= 11 is 5.96. The van der Waals surface area contributed by atoms with Crippen LogP contribution in [0.3, 0.4) is 0 Å². The topological polar surface area (TPSA) is 12.0 Å². The van der Waals surface area contributed by atoms with Crippen molar-refractivity contribution in [3.05, 3.63) is 34.3 Å². The lowest BCUT2D eigenvalue weighted by molar-refractivity contribution is 0.644. The molecular formula is C11H14ClN. The molecule has 0 fully saturated rings. The predicted molar refractivity (Wildman–Crippen MR) is 56.4 cm³/mol. The molecule has 0 aromatic heterocycles. The number of nitrogens with one attached hydrogen (secondary N) is 1. The molecule has 1 nitrogen and oxygen atoms in total. The Morgan fingerprint density at radius 3 is 3.15 bits per heavy atom. The second kappa shape index (κ2) is 3.69. The van der Waals surface area contributed by atoms with E-state index in [0.29, 0.717) is 5.92 Å². The van der Waals surface area contributed by atoms with Crippen LogP contribution in [-0.2, 0) is 6.42 Å². The summed E-state index contributed by atoms with van der Waals surface area (Å²) in [6, 6.07) is 6.25. The third-order valence-corrected chi connectivity index (χ3v) is 2.89. The molecule has 0 saturated carbocycles. The van der Waals surface area contributed by atoms with Gasteiger partial charge in [0.15, 0.2) is 0 Å². The normalized spacial score (nSPS) is 22.2. The summed E-state index contributed by atoms with van der Waals surface area (Å²) in [6.07, 6.45) is 1.10. The lowest BCUT2D eigenvalue weighted by Crippen LogP contribution is -2.18. The number of fused-ring (bicyclic) bond motifs is 1. The predicted octanol–water partition coefficient (Wildman–Crippen LogP) is 2.59. The summed E-state index contributed by atoms with van der Waals surface area (Å²) in [4.78, 5) is 0. The molecule has 1 aliphatic rings. The highest BCUT2D eigenvalue weighted by molar-refractivity contribution is 6.30. The molecule has 0 amide bonds. The maximum Gasteiger partial charge on any atom is 0.0408 e. The molecule has 2 rings (SSSR count). The molecular weight excluding hydrogens is 182 g/mol. The minimum atomic E-state index is 0.606. The first-order chi connectivity index (χ1) is 6.27. The Morgan fingerprint density at radius 2 is 2.31 bits per heavy atom. The average Bonchev–Trinajstić information content (AvgIpc) is 2.28. The Morgan fingerprint density at radius 1 is 1.46 bits per heavy atom. The third kappa shape index (κ3) is 1.87. The van der Waals surface area contributed by atoms with E-state index >= 15 is 0 Å². The standard InChI is InChI=1S/C11H14ClN/c1-8-7-13-5-4-9-6-10(12)2-3-11(8)9/h2-3,6,8,13H,4-5,7H2,1H3. The van der Waals surface area contributed by atoms with Crippen molar-refractivity contribution >= 4 is 11.6 Å². The van der Waals surface area contributed by atoms with Gasteiger partial charge in [-0.2, -0.15) is 0 Å². The zero-order valence-corrected chi connectivity index (χ0v) is 8.56. The number of hydrogen-bond donors (Lipinski definition) is 1. The van der Waals surface area contributed by atoms with Gasteiger partial charge in [-0.15, -0.1) is 0 Å². The minimum absolute atomic E-state index is 0.606. The van der Waals surface area contributed by atoms with Crippen LogP contribution in [0.1, 0.15) is 24.0 Å². The summed E-state index contributed by atoms with van der Waals surface area (Å²) < 4.78 is 0. The molecule has 1 aromatic carbocycles. The van der Waals surface area contributed by atoms with Gasteiger partial charge in [-0.05, 0) is 42.1 Å². The lowest BCUT2D eigenvalue weighted by Gasteiger charge is -2.11. The summed E-state index contributed by atoms with van der Waals surface area (Å²) in [7, 11) is 0. The van der Waals surface area contributed by atoms with Crippen LogP contribution < -0.4 is 5.32 Å². The summed E-state index contributed by atoms with van der Waals surface area (Å²) in [5.74, 6) is 0.606. The maximum absolute atomic E-state index is 5.96. The molecule has 0 saturated heterocycles. The summed E-state index contributed by atoms with van der Waals surface area (Å²) in [5.41, 5.74) is 2.86. The molecule has 13 heavy (non-hydrogen) atoms. The van der Waals surface area contributed by atoms with Gasteiger partial charge in [-0.25, -0.2) is 0 Å². The van der Waals surface area contributed by atoms with Crippen molar-refractivity contribution in [2.75, 3.05) is 13.1 Å². The van der Waals surface area contributed by atoms with E-state index in [1.54, 1.807) is 0 Å². The maximum atomic E-state index is 5.96. The van der Waals surface area contributed by atoms with Crippen molar-refractivity contribution in [3.63, 3.8) is 0 Å². The molecule has 2 heteroatoms. The molecule has 1 N–H and O–H groups in total. The van der Waals surface area contributed by atoms with Crippen molar-refractivity contribution in [2.45, 2.75) is 19.3 Å². The second-order valence-electron chi connectivity index (χ2n) is 3.70. The average molecular weight is 196 g/mol. The van der Waals surface area contributed by atoms with Crippen molar-refractivity contribution in [2.24, 2.45) is 0 Å². The van der Waals surface area contributed by atoms with Crippen LogP contribution in [0, 0.1) is 0 Å². The van der Waals surface area contributed by atoms with E-state index in [4.69, 9.17) is 11.6 Å². The van der Waals surface area contributed by atoms with Crippen molar-refractivity contribution in [1.82, 2.24) is 5.32 Å². The summed E-state index contributed by atoms with van der Waals surface area (Å²) in [6.45, 7) is 4.40. The van der Waals surface area contributed by atoms with Crippen LogP contribution in [-0.4, -0.2) is 13.1 Å². The van der Waals surface area contributed by atoms with Gasteiger partial charge in [0.1, 0.15) is 0 Å². The number of hydrogen-bond acceptors (Lipinski definition) is 1. The highest BCUT2D eigenvalue weighted by Gasteiger charge is 2.13. The fourth-order valence-electron chi connectivity index (χ4n) is 1.92. The molecule has 0 bridgehead atoms. The number of rotatable bonds is 0. The molecule has 1 aliphatic heterocycles. The SMILES string of the molecule is CC1CNCCc2cc(Cl)ccc21. The quantitative estimate of drug-likeness (QED) is 0.671. The van der Waals surface area contributed by atoms with E-state index in [9.17, 15) is 0 Å². The van der Waals surface area contributed by atoms with Gasteiger partial charge >= 0.3 is 0 Å². The number of benzene rings is 1. The van der Waals surface area contributed by atoms with Crippen LogP contribution in [0.4, 0.5) is 0 Å². The number of halogens is 1. The van der Waals surface area contributed by atoms with E-state index < -0.39 is 0 Å². The minimum Gasteiger partial charge on any atom is -0.316 e. The van der Waals surface area contributed by atoms with Crippen LogP contribution in [0.15, 0.2) is 18.2 Å². The van der Waals surface area contributed by atoms with Gasteiger partial charge in [-0.3, -0.25) is 0 Å². The van der Waals surface area contributed by atoms with Gasteiger partial charge in [0.25, 0.3) is 0 Å². The van der Waals surface area contributed by atoms with Gasteiger partial charge in [0.2, 0.25) is 0 Å². The van der Waals surface area contributed by atoms with Gasteiger partial charge in [0, 0.05) is 11.6 Å². The monoisotopic (exact) mass is 195 g/mol. The highest BCUT2D eigenvalue weighted by Crippen LogP contribution is 2.24. The van der Waals surface area contributed by atoms with Gasteiger partial charge < -0.3 is 5.32 Å². The zero-order chi connectivity index (χ0) is 9.26. The van der Waals surface area contributed by atoms with E-state index in [2.05, 4.69) is 24.4 Å². The molecule has 0 spiro atoms. The first kappa shape index (κ1) is 9.04. The highest BCUT2D eigenvalue weighted by atomic mass is 35.5. The Balaban J connectivity index is 2.42. The van der Waals surface area contributed by atoms with Gasteiger partial charge in [-0.1, -0.05) is 24.6 Å². The molecule has 1 atom stereocenters. The first-order valence-corrected chi connectivity index (χ1v) is 5.14. The molecule has 1 unspecified atom stereocenters. The largest absolute Gasteiger partial charge is 0.316 e. The van der Waals surface area contributed by atoms with Gasteiger partial charge in [0.05, 0.1) is 0 Å². The molecule has 1 aromatic rings. The second-order valence-corrected chi connectivity index (χ2v) is 4.13. The first-order valence-electron chi connectivity index (χ1n) is 4.76. The van der Waals surface area contributed by atoms with E-state index in [0.717, 1.165) is 24.5 Å². The Labute approximate surface area is 84.1 Å². The van der Waals surface area contributed by atoms with Crippen LogP contribution in [0.5, 0.6) is 0 Å². The lowest BCUT2D eigenvalue weighted by atomic mass is 9.96. The molecule has 1 heterocycles. The van der Waals surface area contributed by atoms with Crippen LogP contribution >= 0.6 is 11.6 Å². The van der Waals surface area contributed by atoms with Crippen molar-refractivity contribution in [3.8, 4) is 0 Å². The van der Waals surface area contributed by atoms with E-state index in [1.807, 2.05) is 6.07 Å². The zero-order valence-electron chi connectivity index (χ0n) is 7.81. The van der Waals surface area contributed by atoms with Crippen molar-refractivity contribution in [1.29, 1.82) is 0 Å². The molecule has 70 valence electrons. The Bertz CT molecular complexity index is 309. The molecule has 0 aliphatic carbocycles. The third-order valence-electron chi connectivity index (χ3n) is 2.66. The fraction of sp³-hybridized carbons (Fsp3) is 0.455.